The Hall–Kier alpha value is -4.03. The van der Waals surface area contributed by atoms with Crippen LogP contribution in [0.5, 0.6) is 0 Å². The molecule has 2 atom stereocenters. The van der Waals surface area contributed by atoms with E-state index in [1.165, 1.54) is 4.90 Å². The lowest BCUT2D eigenvalue weighted by Crippen LogP contribution is -2.57. The van der Waals surface area contributed by atoms with Crippen LogP contribution >= 0.6 is 0 Å². The number of pyridine rings is 1. The Labute approximate surface area is 226 Å². The summed E-state index contributed by atoms with van der Waals surface area (Å²) in [5.74, 6) is -3.70. The molecule has 13 heteroatoms. The number of carboxylic acid groups (broad SMARTS) is 2. The van der Waals surface area contributed by atoms with Crippen molar-refractivity contribution in [1.29, 1.82) is 0 Å². The second-order valence-corrected chi connectivity index (χ2v) is 10.2. The predicted octanol–water partition coefficient (Wildman–Crippen LogP) is 2.02. The number of carbonyl (C=O) groups is 6. The Bertz CT molecular complexity index is 1090. The molecule has 0 aliphatic carbocycles. The molecule has 0 spiro atoms. The number of carbonyl (C=O) groups excluding carboxylic acids is 4. The molecule has 2 N–H and O–H groups in total. The molecule has 2 unspecified atom stereocenters. The molecule has 3 heterocycles. The Balaban J connectivity index is 0.000000344. The number of Topliss-reactive ketones (excluding diaryl/α,β-unsaturated/α-hetero) is 2. The highest BCUT2D eigenvalue weighted by Gasteiger charge is 2.52. The first-order chi connectivity index (χ1) is 18.2. The van der Waals surface area contributed by atoms with Crippen LogP contribution < -0.4 is 0 Å². The maximum atomic E-state index is 12.8. The van der Waals surface area contributed by atoms with Crippen molar-refractivity contribution in [2.45, 2.75) is 52.6 Å². The molecule has 214 valence electrons. The molecule has 13 nitrogen and oxygen atoms in total. The van der Waals surface area contributed by atoms with Crippen LogP contribution in [0.4, 0.5) is 9.59 Å². The summed E-state index contributed by atoms with van der Waals surface area (Å²) in [4.78, 5) is 76.5. The van der Waals surface area contributed by atoms with E-state index in [9.17, 15) is 28.8 Å². The number of ketones is 2. The fourth-order valence-corrected chi connectivity index (χ4v) is 4.16. The van der Waals surface area contributed by atoms with Gasteiger partial charge in [-0.2, -0.15) is 0 Å². The molecule has 1 aromatic rings. The van der Waals surface area contributed by atoms with E-state index in [1.54, 1.807) is 52.1 Å². The van der Waals surface area contributed by atoms with Gasteiger partial charge < -0.3 is 29.5 Å². The average Bonchev–Trinajstić information content (AvgIpc) is 2.85. The number of rotatable bonds is 5. The van der Waals surface area contributed by atoms with Crippen LogP contribution in [0.2, 0.25) is 0 Å². The van der Waals surface area contributed by atoms with Crippen molar-refractivity contribution in [2.24, 2.45) is 11.3 Å². The van der Waals surface area contributed by atoms with Crippen molar-refractivity contribution in [3.05, 3.63) is 30.1 Å². The molecule has 2 aliphatic rings. The van der Waals surface area contributed by atoms with Gasteiger partial charge in [0, 0.05) is 57.3 Å². The first-order valence-corrected chi connectivity index (χ1v) is 12.5. The van der Waals surface area contributed by atoms with Crippen molar-refractivity contribution < 1.29 is 48.5 Å². The maximum Gasteiger partial charge on any atom is 0.410 e. The predicted molar refractivity (Wildman–Crippen MR) is 135 cm³/mol. The smallest absolute Gasteiger partial charge is 0.410 e. The topological polar surface area (TPSA) is 181 Å². The molecular formula is C26H35N3O10. The molecule has 2 amide bonds. The second kappa shape index (κ2) is 13.2. The molecule has 2 aliphatic heterocycles. The standard InChI is InChI=1S/C19H26N2O5.C7H9NO5/c1-5-25-16(23)19(12-14-8-6-7-10-20-14)13-21(11-9-15(19)22)17(24)26-18(2,3)4;9-5-1-2-8(7(12)13)3-4(5)6(10)11/h6-8,10H,5,9,11-13H2,1-4H3;4H,1-3H2,(H,10,11)(H,12,13). The normalized spacial score (nSPS) is 21.4. The molecule has 1 aromatic heterocycles. The number of hydrogen-bond acceptors (Lipinski definition) is 9. The number of aromatic nitrogens is 1. The highest BCUT2D eigenvalue weighted by molar-refractivity contribution is 6.05. The van der Waals surface area contributed by atoms with E-state index in [-0.39, 0.29) is 57.8 Å². The van der Waals surface area contributed by atoms with Crippen molar-refractivity contribution in [3.8, 4) is 0 Å². The summed E-state index contributed by atoms with van der Waals surface area (Å²) in [7, 11) is 0. The Morgan fingerprint density at radius 3 is 2.28 bits per heavy atom. The van der Waals surface area contributed by atoms with Gasteiger partial charge >= 0.3 is 24.1 Å². The number of piperidine rings is 2. The Morgan fingerprint density at radius 2 is 1.74 bits per heavy atom. The van der Waals surface area contributed by atoms with Gasteiger partial charge in [-0.1, -0.05) is 6.07 Å². The molecule has 0 saturated carbocycles. The average molecular weight is 550 g/mol. The van der Waals surface area contributed by atoms with Gasteiger partial charge in [-0.15, -0.1) is 0 Å². The van der Waals surface area contributed by atoms with E-state index in [2.05, 4.69) is 4.98 Å². The van der Waals surface area contributed by atoms with Gasteiger partial charge in [-0.3, -0.25) is 24.2 Å². The highest BCUT2D eigenvalue weighted by Crippen LogP contribution is 2.33. The summed E-state index contributed by atoms with van der Waals surface area (Å²) in [6, 6.07) is 5.30. The third kappa shape index (κ3) is 8.48. The first-order valence-electron chi connectivity index (χ1n) is 12.5. The van der Waals surface area contributed by atoms with Crippen LogP contribution in [-0.2, 0) is 35.1 Å². The van der Waals surface area contributed by atoms with E-state index in [0.717, 1.165) is 4.90 Å². The fraction of sp³-hybridized carbons (Fsp3) is 0.577. The number of carboxylic acids is 1. The number of nitrogens with zero attached hydrogens (tertiary/aromatic N) is 3. The molecule has 39 heavy (non-hydrogen) atoms. The van der Waals surface area contributed by atoms with Crippen molar-refractivity contribution in [2.75, 3.05) is 32.8 Å². The second-order valence-electron chi connectivity index (χ2n) is 10.2. The lowest BCUT2D eigenvalue weighted by Gasteiger charge is -2.39. The van der Waals surface area contributed by atoms with Gasteiger partial charge in [0.05, 0.1) is 6.61 Å². The molecule has 2 saturated heterocycles. The number of aliphatic carboxylic acids is 1. The van der Waals surface area contributed by atoms with Crippen molar-refractivity contribution >= 4 is 35.7 Å². The molecule has 0 radical (unpaired) electrons. The zero-order chi connectivity index (χ0) is 29.4. The summed E-state index contributed by atoms with van der Waals surface area (Å²) in [6.07, 6.45) is 0.0324. The van der Waals surface area contributed by atoms with Crippen molar-refractivity contribution in [1.82, 2.24) is 14.8 Å². The third-order valence-corrected chi connectivity index (χ3v) is 6.12. The van der Waals surface area contributed by atoms with Gasteiger partial charge in [0.2, 0.25) is 0 Å². The lowest BCUT2D eigenvalue weighted by molar-refractivity contribution is -0.163. The summed E-state index contributed by atoms with van der Waals surface area (Å²) in [5.41, 5.74) is -1.52. The van der Waals surface area contributed by atoms with Crippen LogP contribution in [0.15, 0.2) is 24.4 Å². The van der Waals surface area contributed by atoms with Gasteiger partial charge in [-0.05, 0) is 39.8 Å². The van der Waals surface area contributed by atoms with E-state index < -0.39 is 46.8 Å². The summed E-state index contributed by atoms with van der Waals surface area (Å²) >= 11 is 0. The van der Waals surface area contributed by atoms with Crippen LogP contribution in [0.25, 0.3) is 0 Å². The SMILES string of the molecule is CCOC(=O)C1(Cc2ccccn2)CN(C(=O)OC(C)(C)C)CCC1=O.O=C(O)C1CN(C(=O)O)CCC1=O. The van der Waals surface area contributed by atoms with Gasteiger partial charge in [0.25, 0.3) is 0 Å². The lowest BCUT2D eigenvalue weighted by atomic mass is 9.75. The zero-order valence-electron chi connectivity index (χ0n) is 22.5. The van der Waals surface area contributed by atoms with Crippen LogP contribution in [0.3, 0.4) is 0 Å². The minimum Gasteiger partial charge on any atom is -0.481 e. The molecule has 0 aromatic carbocycles. The number of likely N-dealkylation sites (tertiary alicyclic amines) is 2. The fourth-order valence-electron chi connectivity index (χ4n) is 4.16. The summed E-state index contributed by atoms with van der Waals surface area (Å²) in [6.45, 7) is 7.16. The van der Waals surface area contributed by atoms with Gasteiger partial charge in [0.1, 0.15) is 16.9 Å². The maximum absolute atomic E-state index is 12.8. The van der Waals surface area contributed by atoms with E-state index in [0.29, 0.717) is 5.69 Å². The number of ether oxygens (including phenoxy) is 2. The van der Waals surface area contributed by atoms with Crippen LogP contribution in [0.1, 0.15) is 46.2 Å². The highest BCUT2D eigenvalue weighted by atomic mass is 16.6. The Kier molecular flexibility index (Phi) is 10.5. The quantitative estimate of drug-likeness (QED) is 0.405. The molecule has 3 rings (SSSR count). The minimum absolute atomic E-state index is 0.0106. The van der Waals surface area contributed by atoms with E-state index >= 15 is 0 Å². The molecular weight excluding hydrogens is 514 g/mol. The van der Waals surface area contributed by atoms with Crippen molar-refractivity contribution in [3.63, 3.8) is 0 Å². The van der Waals surface area contributed by atoms with Crippen LogP contribution in [0, 0.1) is 11.3 Å². The number of amides is 2. The Morgan fingerprint density at radius 1 is 1.08 bits per heavy atom. The molecule has 0 bridgehead atoms. The summed E-state index contributed by atoms with van der Waals surface area (Å²) in [5, 5.41) is 17.1. The third-order valence-electron chi connectivity index (χ3n) is 6.12. The van der Waals surface area contributed by atoms with Gasteiger partial charge in [0.15, 0.2) is 11.6 Å². The van der Waals surface area contributed by atoms with E-state index in [4.69, 9.17) is 19.7 Å². The van der Waals surface area contributed by atoms with Crippen LogP contribution in [-0.4, -0.2) is 99.1 Å². The van der Waals surface area contributed by atoms with E-state index in [1.807, 2.05) is 0 Å². The number of esters is 1. The monoisotopic (exact) mass is 549 g/mol. The minimum atomic E-state index is -1.46. The van der Waals surface area contributed by atoms with Gasteiger partial charge in [-0.25, -0.2) is 9.59 Å². The first kappa shape index (κ1) is 31.2. The largest absolute Gasteiger partial charge is 0.481 e. The zero-order valence-corrected chi connectivity index (χ0v) is 22.5. The molecule has 2 fully saturated rings. The number of hydrogen-bond donors (Lipinski definition) is 2. The summed E-state index contributed by atoms with van der Waals surface area (Å²) < 4.78 is 10.6.